The Morgan fingerprint density at radius 3 is 2.29 bits per heavy atom. The van der Waals surface area contributed by atoms with Crippen molar-refractivity contribution in [2.45, 2.75) is 71.9 Å². The Morgan fingerprint density at radius 2 is 1.90 bits per heavy atom. The second-order valence-electron chi connectivity index (χ2n) is 5.78. The zero-order valence-electron chi connectivity index (χ0n) is 13.9. The van der Waals surface area contributed by atoms with Crippen molar-refractivity contribution in [3.05, 3.63) is 0 Å². The summed E-state index contributed by atoms with van der Waals surface area (Å²) in [5.41, 5.74) is -0.354. The van der Waals surface area contributed by atoms with Gasteiger partial charge in [-0.15, -0.1) is 24.8 Å². The Bertz CT molecular complexity index is 365. The van der Waals surface area contributed by atoms with Crippen LogP contribution in [-0.4, -0.2) is 46.8 Å². The van der Waals surface area contributed by atoms with Gasteiger partial charge in [-0.2, -0.15) is 15.5 Å². The standard InChI is InChI=1S/C14H27N5.2ClH/c1-7-18(11(3)4)13-9-12(10-15)16-17-14(5,6)19(13)8-2;;/h11-13H,7-9H2,1-6H3;2*1H. The van der Waals surface area contributed by atoms with Crippen molar-refractivity contribution in [1.82, 2.24) is 9.80 Å². The topological polar surface area (TPSA) is 55.0 Å². The Morgan fingerprint density at radius 1 is 1.33 bits per heavy atom. The van der Waals surface area contributed by atoms with E-state index in [0.717, 1.165) is 19.5 Å². The third kappa shape index (κ3) is 5.37. The van der Waals surface area contributed by atoms with Crippen molar-refractivity contribution in [3.8, 4) is 6.07 Å². The van der Waals surface area contributed by atoms with Gasteiger partial charge in [-0.3, -0.25) is 9.80 Å². The molecule has 2 atom stereocenters. The van der Waals surface area contributed by atoms with Gasteiger partial charge in [-0.05, 0) is 40.8 Å². The van der Waals surface area contributed by atoms with Crippen LogP contribution in [0.5, 0.6) is 0 Å². The molecule has 1 aliphatic heterocycles. The highest BCUT2D eigenvalue weighted by Crippen LogP contribution is 2.29. The fraction of sp³-hybridized carbons (Fsp3) is 0.929. The molecule has 5 nitrogen and oxygen atoms in total. The molecule has 2 unspecified atom stereocenters. The summed E-state index contributed by atoms with van der Waals surface area (Å²) in [5.74, 6) is 0. The maximum atomic E-state index is 9.22. The molecule has 124 valence electrons. The summed E-state index contributed by atoms with van der Waals surface area (Å²) in [5, 5.41) is 17.8. The van der Waals surface area contributed by atoms with Crippen LogP contribution in [0.4, 0.5) is 0 Å². The molecule has 0 saturated heterocycles. The monoisotopic (exact) mass is 337 g/mol. The second-order valence-corrected chi connectivity index (χ2v) is 5.78. The number of hydrogen-bond donors (Lipinski definition) is 0. The average Bonchev–Trinajstić information content (AvgIpc) is 2.46. The van der Waals surface area contributed by atoms with E-state index in [1.54, 1.807) is 0 Å². The minimum Gasteiger partial charge on any atom is -0.286 e. The van der Waals surface area contributed by atoms with Gasteiger partial charge < -0.3 is 0 Å². The number of nitriles is 1. The highest BCUT2D eigenvalue weighted by atomic mass is 35.5. The number of rotatable bonds is 4. The summed E-state index contributed by atoms with van der Waals surface area (Å²) >= 11 is 0. The molecule has 21 heavy (non-hydrogen) atoms. The van der Waals surface area contributed by atoms with Crippen LogP contribution in [0, 0.1) is 11.3 Å². The lowest BCUT2D eigenvalue weighted by Crippen LogP contribution is -2.57. The summed E-state index contributed by atoms with van der Waals surface area (Å²) in [6.45, 7) is 14.7. The van der Waals surface area contributed by atoms with Gasteiger partial charge in [0.2, 0.25) is 0 Å². The Kier molecular flexibility index (Phi) is 10.4. The van der Waals surface area contributed by atoms with E-state index in [2.05, 4.69) is 67.6 Å². The number of halogens is 2. The molecule has 1 rings (SSSR count). The smallest absolute Gasteiger partial charge is 0.160 e. The third-order valence-corrected chi connectivity index (χ3v) is 3.84. The van der Waals surface area contributed by atoms with E-state index in [-0.39, 0.29) is 42.7 Å². The van der Waals surface area contributed by atoms with E-state index >= 15 is 0 Å². The van der Waals surface area contributed by atoms with Crippen LogP contribution in [0.25, 0.3) is 0 Å². The van der Waals surface area contributed by atoms with Crippen molar-refractivity contribution < 1.29 is 0 Å². The van der Waals surface area contributed by atoms with Crippen LogP contribution in [-0.2, 0) is 0 Å². The molecule has 0 fully saturated rings. The van der Waals surface area contributed by atoms with Crippen molar-refractivity contribution in [2.75, 3.05) is 13.1 Å². The predicted molar refractivity (Wildman–Crippen MR) is 91.1 cm³/mol. The summed E-state index contributed by atoms with van der Waals surface area (Å²) < 4.78 is 0. The zero-order chi connectivity index (χ0) is 14.6. The van der Waals surface area contributed by atoms with Crippen LogP contribution in [0.1, 0.15) is 48.0 Å². The fourth-order valence-electron chi connectivity index (χ4n) is 2.92. The molecule has 0 radical (unpaired) electrons. The molecule has 0 saturated carbocycles. The Balaban J connectivity index is 0. The molecule has 0 amide bonds. The SMILES string of the molecule is CCN(C(C)C)C1CC(C#N)N=NC(C)(C)N1CC.Cl.Cl. The number of nitrogens with zero attached hydrogens (tertiary/aromatic N) is 5. The van der Waals surface area contributed by atoms with Crippen molar-refractivity contribution in [2.24, 2.45) is 10.2 Å². The van der Waals surface area contributed by atoms with Crippen LogP contribution < -0.4 is 0 Å². The largest absolute Gasteiger partial charge is 0.286 e. The first-order valence-electron chi connectivity index (χ1n) is 7.21. The fourth-order valence-corrected chi connectivity index (χ4v) is 2.92. The predicted octanol–water partition coefficient (Wildman–Crippen LogP) is 3.69. The van der Waals surface area contributed by atoms with Gasteiger partial charge >= 0.3 is 0 Å². The van der Waals surface area contributed by atoms with Gasteiger partial charge in [0.25, 0.3) is 0 Å². The van der Waals surface area contributed by atoms with Gasteiger partial charge in [0.1, 0.15) is 5.66 Å². The first-order chi connectivity index (χ1) is 8.87. The molecule has 0 aromatic rings. The lowest BCUT2D eigenvalue weighted by atomic mass is 10.1. The maximum Gasteiger partial charge on any atom is 0.160 e. The zero-order valence-corrected chi connectivity index (χ0v) is 15.5. The third-order valence-electron chi connectivity index (χ3n) is 3.84. The second kappa shape index (κ2) is 9.58. The van der Waals surface area contributed by atoms with Crippen molar-refractivity contribution in [3.63, 3.8) is 0 Å². The molecule has 0 aliphatic carbocycles. The van der Waals surface area contributed by atoms with E-state index in [1.165, 1.54) is 0 Å². The quantitative estimate of drug-likeness (QED) is 0.785. The van der Waals surface area contributed by atoms with Crippen LogP contribution in [0.2, 0.25) is 0 Å². The average molecular weight is 338 g/mol. The number of azo groups is 1. The number of hydrogen-bond acceptors (Lipinski definition) is 5. The molecule has 1 aliphatic rings. The van der Waals surface area contributed by atoms with Gasteiger partial charge in [-0.25, -0.2) is 0 Å². The summed E-state index contributed by atoms with van der Waals surface area (Å²) in [7, 11) is 0. The summed E-state index contributed by atoms with van der Waals surface area (Å²) in [6, 6.07) is 2.36. The molecule has 1 heterocycles. The normalized spacial score (nSPS) is 24.9. The highest BCUT2D eigenvalue weighted by molar-refractivity contribution is 5.85. The summed E-state index contributed by atoms with van der Waals surface area (Å²) in [4.78, 5) is 4.77. The first kappa shape index (κ1) is 22.9. The molecule has 0 spiro atoms. The molecule has 0 N–H and O–H groups in total. The Labute approximate surface area is 141 Å². The highest BCUT2D eigenvalue weighted by Gasteiger charge is 2.39. The Hall–Kier alpha value is -0.410. The molecular weight excluding hydrogens is 309 g/mol. The van der Waals surface area contributed by atoms with Crippen LogP contribution in [0.3, 0.4) is 0 Å². The van der Waals surface area contributed by atoms with E-state index < -0.39 is 0 Å². The molecular formula is C14H29Cl2N5. The van der Waals surface area contributed by atoms with E-state index in [9.17, 15) is 5.26 Å². The van der Waals surface area contributed by atoms with E-state index in [1.807, 2.05) is 0 Å². The molecule has 7 heteroatoms. The van der Waals surface area contributed by atoms with Crippen molar-refractivity contribution >= 4 is 24.8 Å². The molecule has 0 aromatic heterocycles. The minimum atomic E-state index is -0.354. The van der Waals surface area contributed by atoms with Gasteiger partial charge in [0.05, 0.1) is 12.2 Å². The van der Waals surface area contributed by atoms with Gasteiger partial charge in [0, 0.05) is 12.5 Å². The van der Waals surface area contributed by atoms with Crippen LogP contribution in [0.15, 0.2) is 10.2 Å². The molecule has 0 bridgehead atoms. The minimum absolute atomic E-state index is 0. The first-order valence-corrected chi connectivity index (χ1v) is 7.21. The lowest BCUT2D eigenvalue weighted by Gasteiger charge is -2.45. The van der Waals surface area contributed by atoms with Crippen molar-refractivity contribution in [1.29, 1.82) is 5.26 Å². The van der Waals surface area contributed by atoms with E-state index in [4.69, 9.17) is 0 Å². The van der Waals surface area contributed by atoms with Crippen LogP contribution >= 0.6 is 24.8 Å². The van der Waals surface area contributed by atoms with E-state index in [0.29, 0.717) is 6.04 Å². The maximum absolute atomic E-state index is 9.22. The van der Waals surface area contributed by atoms with Gasteiger partial charge in [0.15, 0.2) is 6.04 Å². The lowest BCUT2D eigenvalue weighted by molar-refractivity contribution is -0.0289. The molecule has 0 aromatic carbocycles. The summed E-state index contributed by atoms with van der Waals surface area (Å²) in [6.07, 6.45) is 0.938. The van der Waals surface area contributed by atoms with Gasteiger partial charge in [-0.1, -0.05) is 13.8 Å².